The lowest BCUT2D eigenvalue weighted by atomic mass is 10.1. The summed E-state index contributed by atoms with van der Waals surface area (Å²) in [6.45, 7) is 0. The fourth-order valence-corrected chi connectivity index (χ4v) is 1.33. The number of hydrogen-bond donors (Lipinski definition) is 1. The molecule has 1 aromatic carbocycles. The number of ether oxygens (including phenoxy) is 1. The number of hydrogen-bond acceptors (Lipinski definition) is 2. The molecule has 1 atom stereocenters. The van der Waals surface area contributed by atoms with Crippen molar-refractivity contribution in [2.45, 2.75) is 12.5 Å². The Labute approximate surface area is 83.1 Å². The average Bonchev–Trinajstić information content (AvgIpc) is 2.18. The van der Waals surface area contributed by atoms with Crippen molar-refractivity contribution in [2.24, 2.45) is 0 Å². The first-order valence-electron chi connectivity index (χ1n) is 4.16. The van der Waals surface area contributed by atoms with Gasteiger partial charge in [0.05, 0.1) is 13.2 Å². The zero-order chi connectivity index (χ0) is 9.68. The van der Waals surface area contributed by atoms with Crippen LogP contribution in [0.15, 0.2) is 24.3 Å². The van der Waals surface area contributed by atoms with Gasteiger partial charge in [-0.1, -0.05) is 12.1 Å². The van der Waals surface area contributed by atoms with Crippen LogP contribution in [0.2, 0.25) is 0 Å². The third kappa shape index (κ3) is 2.90. The molecule has 1 rings (SSSR count). The Morgan fingerprint density at radius 2 is 2.31 bits per heavy atom. The van der Waals surface area contributed by atoms with Gasteiger partial charge >= 0.3 is 0 Å². The van der Waals surface area contributed by atoms with Crippen molar-refractivity contribution in [3.8, 4) is 5.75 Å². The topological polar surface area (TPSA) is 29.5 Å². The first kappa shape index (κ1) is 10.4. The van der Waals surface area contributed by atoms with Crippen LogP contribution in [-0.4, -0.2) is 18.1 Å². The Hall–Kier alpha value is -0.730. The van der Waals surface area contributed by atoms with E-state index in [1.807, 2.05) is 24.3 Å². The molecule has 0 spiro atoms. The summed E-state index contributed by atoms with van der Waals surface area (Å²) in [6, 6.07) is 7.37. The van der Waals surface area contributed by atoms with Crippen LogP contribution in [0, 0.1) is 0 Å². The van der Waals surface area contributed by atoms with E-state index < -0.39 is 6.10 Å². The predicted molar refractivity (Wildman–Crippen MR) is 53.3 cm³/mol. The SMILES string of the molecule is COc1cccc([C@@H](O)CCCl)c1. The number of benzene rings is 1. The summed E-state index contributed by atoms with van der Waals surface area (Å²) in [5, 5.41) is 9.60. The second-order valence-corrected chi connectivity index (χ2v) is 3.15. The lowest BCUT2D eigenvalue weighted by Gasteiger charge is -2.09. The summed E-state index contributed by atoms with van der Waals surface area (Å²) in [6.07, 6.45) is 0.0712. The van der Waals surface area contributed by atoms with Crippen molar-refractivity contribution < 1.29 is 9.84 Å². The fraction of sp³-hybridized carbons (Fsp3) is 0.400. The summed E-state index contributed by atoms with van der Waals surface area (Å²) >= 11 is 5.53. The predicted octanol–water partition coefficient (Wildman–Crippen LogP) is 2.36. The Morgan fingerprint density at radius 1 is 1.54 bits per heavy atom. The smallest absolute Gasteiger partial charge is 0.119 e. The third-order valence-corrected chi connectivity index (χ3v) is 2.08. The van der Waals surface area contributed by atoms with Gasteiger partial charge in [-0.25, -0.2) is 0 Å². The number of methoxy groups -OCH3 is 1. The Morgan fingerprint density at radius 3 is 2.92 bits per heavy atom. The minimum absolute atomic E-state index is 0.457. The highest BCUT2D eigenvalue weighted by Crippen LogP contribution is 2.21. The van der Waals surface area contributed by atoms with E-state index in [9.17, 15) is 5.11 Å². The van der Waals surface area contributed by atoms with Crippen LogP contribution in [0.4, 0.5) is 0 Å². The minimum atomic E-state index is -0.493. The maximum absolute atomic E-state index is 9.60. The largest absolute Gasteiger partial charge is 0.497 e. The second kappa shape index (κ2) is 5.10. The molecule has 13 heavy (non-hydrogen) atoms. The van der Waals surface area contributed by atoms with Crippen LogP contribution in [0.1, 0.15) is 18.1 Å². The Bertz CT molecular complexity index is 263. The summed E-state index contributed by atoms with van der Waals surface area (Å²) in [5.74, 6) is 1.21. The van der Waals surface area contributed by atoms with E-state index in [0.29, 0.717) is 12.3 Å². The average molecular weight is 201 g/mol. The normalized spacial score (nSPS) is 12.5. The van der Waals surface area contributed by atoms with Crippen molar-refractivity contribution in [1.29, 1.82) is 0 Å². The van der Waals surface area contributed by atoms with Crippen LogP contribution >= 0.6 is 11.6 Å². The van der Waals surface area contributed by atoms with Gasteiger partial charge in [0.25, 0.3) is 0 Å². The van der Waals surface area contributed by atoms with Gasteiger partial charge in [0.1, 0.15) is 5.75 Å². The van der Waals surface area contributed by atoms with Crippen molar-refractivity contribution >= 4 is 11.6 Å². The van der Waals surface area contributed by atoms with Crippen LogP contribution < -0.4 is 4.74 Å². The molecule has 0 heterocycles. The van der Waals surface area contributed by atoms with Gasteiger partial charge in [0.2, 0.25) is 0 Å². The van der Waals surface area contributed by atoms with Crippen LogP contribution in [0.3, 0.4) is 0 Å². The van der Waals surface area contributed by atoms with Crippen molar-refractivity contribution in [3.05, 3.63) is 29.8 Å². The summed E-state index contributed by atoms with van der Waals surface area (Å²) in [7, 11) is 1.60. The third-order valence-electron chi connectivity index (χ3n) is 1.86. The van der Waals surface area contributed by atoms with Crippen molar-refractivity contribution in [1.82, 2.24) is 0 Å². The maximum Gasteiger partial charge on any atom is 0.119 e. The molecule has 0 fully saturated rings. The van der Waals surface area contributed by atoms with E-state index in [-0.39, 0.29) is 0 Å². The van der Waals surface area contributed by atoms with Crippen molar-refractivity contribution in [3.63, 3.8) is 0 Å². The Kier molecular flexibility index (Phi) is 4.06. The zero-order valence-electron chi connectivity index (χ0n) is 7.53. The molecule has 0 aliphatic heterocycles. The first-order valence-corrected chi connectivity index (χ1v) is 4.69. The molecular weight excluding hydrogens is 188 g/mol. The van der Waals surface area contributed by atoms with Crippen molar-refractivity contribution in [2.75, 3.05) is 13.0 Å². The number of alkyl halides is 1. The molecule has 1 N–H and O–H groups in total. The lowest BCUT2D eigenvalue weighted by Crippen LogP contribution is -1.98. The molecule has 3 heteroatoms. The number of rotatable bonds is 4. The standard InChI is InChI=1S/C10H13ClO2/c1-13-9-4-2-3-8(7-9)10(12)5-6-11/h2-4,7,10,12H,5-6H2,1H3/t10-/m0/s1. The summed E-state index contributed by atoms with van der Waals surface area (Å²) in [4.78, 5) is 0. The van der Waals surface area contributed by atoms with E-state index in [0.717, 1.165) is 11.3 Å². The summed E-state index contributed by atoms with van der Waals surface area (Å²) in [5.41, 5.74) is 0.847. The van der Waals surface area contributed by atoms with E-state index in [2.05, 4.69) is 0 Å². The molecular formula is C10H13ClO2. The molecule has 72 valence electrons. The molecule has 0 aliphatic rings. The van der Waals surface area contributed by atoms with E-state index >= 15 is 0 Å². The number of halogens is 1. The highest BCUT2D eigenvalue weighted by atomic mass is 35.5. The van der Waals surface area contributed by atoms with Crippen LogP contribution in [0.5, 0.6) is 5.75 Å². The van der Waals surface area contributed by atoms with Gasteiger partial charge in [-0.3, -0.25) is 0 Å². The van der Waals surface area contributed by atoms with E-state index in [1.165, 1.54) is 0 Å². The highest BCUT2D eigenvalue weighted by molar-refractivity contribution is 6.17. The molecule has 0 saturated heterocycles. The monoisotopic (exact) mass is 200 g/mol. The molecule has 0 amide bonds. The fourth-order valence-electron chi connectivity index (χ4n) is 1.12. The van der Waals surface area contributed by atoms with Gasteiger partial charge in [-0.15, -0.1) is 11.6 Å². The van der Waals surface area contributed by atoms with Gasteiger partial charge in [0, 0.05) is 5.88 Å². The van der Waals surface area contributed by atoms with Crippen LogP contribution in [0.25, 0.3) is 0 Å². The second-order valence-electron chi connectivity index (χ2n) is 2.77. The summed E-state index contributed by atoms with van der Waals surface area (Å²) < 4.78 is 5.04. The van der Waals surface area contributed by atoms with Gasteiger partial charge < -0.3 is 9.84 Å². The minimum Gasteiger partial charge on any atom is -0.497 e. The molecule has 0 saturated carbocycles. The van der Waals surface area contributed by atoms with Gasteiger partial charge in [0.15, 0.2) is 0 Å². The molecule has 1 aromatic rings. The molecule has 0 bridgehead atoms. The van der Waals surface area contributed by atoms with Crippen LogP contribution in [-0.2, 0) is 0 Å². The first-order chi connectivity index (χ1) is 6.27. The molecule has 0 aliphatic carbocycles. The van der Waals surface area contributed by atoms with E-state index in [1.54, 1.807) is 7.11 Å². The van der Waals surface area contributed by atoms with Gasteiger partial charge in [-0.2, -0.15) is 0 Å². The maximum atomic E-state index is 9.60. The zero-order valence-corrected chi connectivity index (χ0v) is 8.29. The lowest BCUT2D eigenvalue weighted by molar-refractivity contribution is 0.174. The molecule has 0 aromatic heterocycles. The highest BCUT2D eigenvalue weighted by Gasteiger charge is 2.06. The molecule has 0 unspecified atom stereocenters. The van der Waals surface area contributed by atoms with E-state index in [4.69, 9.17) is 16.3 Å². The molecule has 0 radical (unpaired) electrons. The quantitative estimate of drug-likeness (QED) is 0.757. The number of aliphatic hydroxyl groups is 1. The number of aliphatic hydroxyl groups excluding tert-OH is 1. The van der Waals surface area contributed by atoms with Gasteiger partial charge in [-0.05, 0) is 24.1 Å². The molecule has 2 nitrogen and oxygen atoms in total. The Balaban J connectivity index is 2.75.